The third kappa shape index (κ3) is 8.65. The normalized spacial score (nSPS) is 15.0. The molecule has 0 aromatic heterocycles. The van der Waals surface area contributed by atoms with Gasteiger partial charge < -0.3 is 18.9 Å². The maximum Gasteiger partial charge on any atom is 0.335 e. The highest BCUT2D eigenvalue weighted by atomic mass is 16.6. The van der Waals surface area contributed by atoms with Crippen molar-refractivity contribution >= 4 is 5.97 Å². The van der Waals surface area contributed by atoms with E-state index in [0.717, 1.165) is 12.8 Å². The topological polar surface area (TPSA) is 54.0 Å². The number of esters is 1. The van der Waals surface area contributed by atoms with Gasteiger partial charge >= 0.3 is 5.97 Å². The second kappa shape index (κ2) is 11.5. The number of carbonyl (C=O) groups is 1. The Bertz CT molecular complexity index is 321. The van der Waals surface area contributed by atoms with E-state index in [-0.39, 0.29) is 13.2 Å². The van der Waals surface area contributed by atoms with Crippen LogP contribution in [-0.2, 0) is 23.7 Å². The van der Waals surface area contributed by atoms with E-state index < -0.39 is 5.97 Å². The average Bonchev–Trinajstić information content (AvgIpc) is 2.99. The molecule has 0 atom stereocenters. The molecule has 0 unspecified atom stereocenters. The van der Waals surface area contributed by atoms with E-state index in [1.807, 2.05) is 0 Å². The van der Waals surface area contributed by atoms with Gasteiger partial charge in [0.2, 0.25) is 0 Å². The Hall–Kier alpha value is -1.17. The number of carbonyl (C=O) groups excluding carboxylic acids is 1. The molecule has 21 heavy (non-hydrogen) atoms. The Morgan fingerprint density at radius 1 is 1.10 bits per heavy atom. The lowest BCUT2D eigenvalue weighted by atomic mass is 10.3. The Morgan fingerprint density at radius 3 is 2.52 bits per heavy atom. The van der Waals surface area contributed by atoms with Gasteiger partial charge in [0.15, 0.2) is 0 Å². The Labute approximate surface area is 126 Å². The molecule has 120 valence electrons. The summed E-state index contributed by atoms with van der Waals surface area (Å²) in [7, 11) is 0. The van der Waals surface area contributed by atoms with E-state index in [2.05, 4.69) is 13.2 Å². The van der Waals surface area contributed by atoms with Gasteiger partial charge in [0.05, 0.1) is 44.7 Å². The van der Waals surface area contributed by atoms with Crippen LogP contribution in [0.2, 0.25) is 0 Å². The molecule has 0 aliphatic heterocycles. The molecular weight excluding hydrogens is 272 g/mol. The van der Waals surface area contributed by atoms with Crippen LogP contribution < -0.4 is 0 Å². The highest BCUT2D eigenvalue weighted by Gasteiger charge is 2.14. The summed E-state index contributed by atoms with van der Waals surface area (Å²) in [5, 5.41) is 0. The van der Waals surface area contributed by atoms with Crippen molar-refractivity contribution in [2.45, 2.75) is 31.8 Å². The molecular formula is C16H26O5. The van der Waals surface area contributed by atoms with Crippen LogP contribution in [0.1, 0.15) is 25.7 Å². The first kappa shape index (κ1) is 17.9. The summed E-state index contributed by atoms with van der Waals surface area (Å²) in [4.78, 5) is 11.5. The molecule has 1 rings (SSSR count). The smallest absolute Gasteiger partial charge is 0.335 e. The second-order valence-electron chi connectivity index (χ2n) is 4.93. The van der Waals surface area contributed by atoms with Gasteiger partial charge in [-0.3, -0.25) is 0 Å². The van der Waals surface area contributed by atoms with Crippen molar-refractivity contribution in [1.82, 2.24) is 0 Å². The lowest BCUT2D eigenvalue weighted by Crippen LogP contribution is -2.17. The zero-order chi connectivity index (χ0) is 15.3. The van der Waals surface area contributed by atoms with Crippen molar-refractivity contribution in [1.29, 1.82) is 0 Å². The number of ether oxygens (including phenoxy) is 4. The molecule has 0 aromatic carbocycles. The van der Waals surface area contributed by atoms with Crippen molar-refractivity contribution in [2.75, 3.05) is 39.6 Å². The largest absolute Gasteiger partial charge is 0.460 e. The van der Waals surface area contributed by atoms with Crippen molar-refractivity contribution in [2.24, 2.45) is 0 Å². The van der Waals surface area contributed by atoms with Gasteiger partial charge in [-0.15, -0.1) is 6.58 Å². The van der Waals surface area contributed by atoms with Gasteiger partial charge in [-0.05, 0) is 12.8 Å². The maximum atomic E-state index is 11.5. The molecule has 1 fully saturated rings. The van der Waals surface area contributed by atoms with Crippen LogP contribution in [0.3, 0.4) is 0 Å². The molecule has 5 nitrogen and oxygen atoms in total. The van der Waals surface area contributed by atoms with Crippen molar-refractivity contribution in [3.63, 3.8) is 0 Å². The van der Waals surface area contributed by atoms with E-state index in [4.69, 9.17) is 18.9 Å². The highest BCUT2D eigenvalue weighted by molar-refractivity contribution is 5.87. The minimum Gasteiger partial charge on any atom is -0.460 e. The van der Waals surface area contributed by atoms with Gasteiger partial charge in [-0.25, -0.2) is 4.79 Å². The van der Waals surface area contributed by atoms with E-state index in [1.165, 1.54) is 12.8 Å². The van der Waals surface area contributed by atoms with Crippen LogP contribution in [0, 0.1) is 0 Å². The molecule has 1 aliphatic rings. The molecule has 0 spiro atoms. The lowest BCUT2D eigenvalue weighted by Gasteiger charge is -2.11. The average molecular weight is 298 g/mol. The molecule has 0 saturated heterocycles. The van der Waals surface area contributed by atoms with E-state index in [9.17, 15) is 4.79 Å². The lowest BCUT2D eigenvalue weighted by molar-refractivity contribution is -0.141. The van der Waals surface area contributed by atoms with E-state index in [0.29, 0.717) is 38.1 Å². The number of hydrogen-bond donors (Lipinski definition) is 0. The Balaban J connectivity index is 1.89. The monoisotopic (exact) mass is 298 g/mol. The van der Waals surface area contributed by atoms with Crippen molar-refractivity contribution in [3.8, 4) is 0 Å². The molecule has 0 radical (unpaired) electrons. The third-order valence-electron chi connectivity index (χ3n) is 3.14. The standard InChI is InChI=1S/C16H26O5/c1-3-8-19-13-14(2)16(17)21-12-10-18-9-11-20-15-6-4-5-7-15/h3,15H,1-2,4-13H2. The summed E-state index contributed by atoms with van der Waals surface area (Å²) in [6, 6.07) is 0. The Morgan fingerprint density at radius 2 is 1.81 bits per heavy atom. The summed E-state index contributed by atoms with van der Waals surface area (Å²) >= 11 is 0. The first-order valence-electron chi connectivity index (χ1n) is 7.47. The predicted molar refractivity (Wildman–Crippen MR) is 80.1 cm³/mol. The van der Waals surface area contributed by atoms with Crippen LogP contribution >= 0.6 is 0 Å². The summed E-state index contributed by atoms with van der Waals surface area (Å²) < 4.78 is 21.1. The molecule has 1 aliphatic carbocycles. The summed E-state index contributed by atoms with van der Waals surface area (Å²) in [6.45, 7) is 9.35. The Kier molecular flexibility index (Phi) is 9.78. The zero-order valence-electron chi connectivity index (χ0n) is 12.7. The fraction of sp³-hybridized carbons (Fsp3) is 0.688. The predicted octanol–water partition coefficient (Wildman–Crippen LogP) is 2.26. The van der Waals surface area contributed by atoms with Crippen LogP contribution in [0.5, 0.6) is 0 Å². The third-order valence-corrected chi connectivity index (χ3v) is 3.14. The number of rotatable bonds is 12. The van der Waals surface area contributed by atoms with Crippen LogP contribution in [0.15, 0.2) is 24.8 Å². The van der Waals surface area contributed by atoms with Crippen molar-refractivity contribution < 1.29 is 23.7 Å². The minimum absolute atomic E-state index is 0.154. The fourth-order valence-electron chi connectivity index (χ4n) is 2.05. The summed E-state index contributed by atoms with van der Waals surface area (Å²) in [5.41, 5.74) is 0.293. The van der Waals surface area contributed by atoms with E-state index >= 15 is 0 Å². The highest BCUT2D eigenvalue weighted by Crippen LogP contribution is 2.20. The quantitative estimate of drug-likeness (QED) is 0.239. The first-order chi connectivity index (χ1) is 10.2. The molecule has 0 amide bonds. The minimum atomic E-state index is -0.454. The van der Waals surface area contributed by atoms with Gasteiger partial charge in [0, 0.05) is 0 Å². The van der Waals surface area contributed by atoms with Gasteiger partial charge in [0.25, 0.3) is 0 Å². The molecule has 0 bridgehead atoms. The zero-order valence-corrected chi connectivity index (χ0v) is 12.7. The van der Waals surface area contributed by atoms with Crippen LogP contribution in [-0.4, -0.2) is 51.7 Å². The molecule has 0 heterocycles. The number of hydrogen-bond acceptors (Lipinski definition) is 5. The van der Waals surface area contributed by atoms with Gasteiger partial charge in [-0.2, -0.15) is 0 Å². The SMILES string of the molecule is C=CCOCC(=C)C(=O)OCCOCCOC1CCCC1. The van der Waals surface area contributed by atoms with Crippen molar-refractivity contribution in [3.05, 3.63) is 24.8 Å². The molecule has 0 N–H and O–H groups in total. The summed E-state index contributed by atoms with van der Waals surface area (Å²) in [6.07, 6.45) is 6.87. The first-order valence-corrected chi connectivity index (χ1v) is 7.47. The molecule has 0 aromatic rings. The van der Waals surface area contributed by atoms with Gasteiger partial charge in [-0.1, -0.05) is 25.5 Å². The van der Waals surface area contributed by atoms with Crippen LogP contribution in [0.4, 0.5) is 0 Å². The second-order valence-corrected chi connectivity index (χ2v) is 4.93. The van der Waals surface area contributed by atoms with Gasteiger partial charge in [0.1, 0.15) is 6.61 Å². The summed E-state index contributed by atoms with van der Waals surface area (Å²) in [5.74, 6) is -0.454. The van der Waals surface area contributed by atoms with Crippen LogP contribution in [0.25, 0.3) is 0 Å². The fourth-order valence-corrected chi connectivity index (χ4v) is 2.05. The molecule has 1 saturated carbocycles. The maximum absolute atomic E-state index is 11.5. The molecule has 5 heteroatoms. The van der Waals surface area contributed by atoms with E-state index in [1.54, 1.807) is 6.08 Å².